The van der Waals surface area contributed by atoms with Crippen LogP contribution in [0.1, 0.15) is 65.5 Å². The third-order valence-corrected chi connectivity index (χ3v) is 9.14. The van der Waals surface area contributed by atoms with Gasteiger partial charge in [0.2, 0.25) is 21.9 Å². The smallest absolute Gasteiger partial charge is 0.257 e. The highest BCUT2D eigenvalue weighted by Gasteiger charge is 2.42. The molecule has 11 heteroatoms. The molecule has 1 saturated carbocycles. The van der Waals surface area contributed by atoms with Crippen LogP contribution in [0.3, 0.4) is 0 Å². The molecule has 40 heavy (non-hydrogen) atoms. The summed E-state index contributed by atoms with van der Waals surface area (Å²) in [7, 11) is -3.51. The summed E-state index contributed by atoms with van der Waals surface area (Å²) in [5, 5.41) is 3.35. The van der Waals surface area contributed by atoms with Crippen molar-refractivity contribution in [1.29, 1.82) is 0 Å². The van der Waals surface area contributed by atoms with Crippen molar-refractivity contribution in [2.75, 3.05) is 43.7 Å². The Morgan fingerprint density at radius 1 is 0.975 bits per heavy atom. The number of aryl methyl sites for hydroxylation is 2. The van der Waals surface area contributed by atoms with Crippen LogP contribution in [-0.4, -0.2) is 79.0 Å². The van der Waals surface area contributed by atoms with Crippen molar-refractivity contribution in [3.05, 3.63) is 52.8 Å². The van der Waals surface area contributed by atoms with Crippen LogP contribution in [0, 0.1) is 31.6 Å². The number of hydrogen-bond acceptors (Lipinski definition) is 7. The lowest BCUT2D eigenvalue weighted by atomic mass is 10.0. The summed E-state index contributed by atoms with van der Waals surface area (Å²) in [5.74, 6) is 1.02. The van der Waals surface area contributed by atoms with E-state index in [-0.39, 0.29) is 29.7 Å². The molecule has 0 bridgehead atoms. The Hall–Kier alpha value is -3.05. The monoisotopic (exact) mass is 568 g/mol. The minimum atomic E-state index is -3.51. The molecule has 10 nitrogen and oxygen atoms in total. The first-order chi connectivity index (χ1) is 19.1. The molecule has 2 saturated heterocycles. The summed E-state index contributed by atoms with van der Waals surface area (Å²) < 4.78 is 25.4. The van der Waals surface area contributed by atoms with Crippen molar-refractivity contribution in [2.45, 2.75) is 52.0 Å². The van der Waals surface area contributed by atoms with Gasteiger partial charge in [0.05, 0.1) is 29.2 Å². The van der Waals surface area contributed by atoms with Crippen LogP contribution in [0.15, 0.2) is 30.3 Å². The van der Waals surface area contributed by atoms with E-state index in [1.807, 2.05) is 23.1 Å². The van der Waals surface area contributed by atoms with E-state index in [2.05, 4.69) is 37.0 Å². The van der Waals surface area contributed by atoms with Crippen LogP contribution in [0.4, 0.5) is 5.95 Å². The van der Waals surface area contributed by atoms with Gasteiger partial charge in [-0.2, -0.15) is 0 Å². The third-order valence-electron chi connectivity index (χ3n) is 8.59. The standard InChI is InChI=1S/C29H40N6O4S/c1-19-26(20(2)31-29(30-19)33-40(3,38)39)28(37)35-17-23-15-34(16-24(23)18-35)14-13-25(21-9-5-4-6-10-21)32-27(36)22-11-7-8-12-22/h4-6,9-10,22-25H,7-8,11-18H2,1-3H3,(H,32,36)(H,30,31,33)/t23-,24?,25?/m0/s1. The van der Waals surface area contributed by atoms with Gasteiger partial charge in [0.15, 0.2) is 0 Å². The highest BCUT2D eigenvalue weighted by molar-refractivity contribution is 7.91. The Balaban J connectivity index is 1.17. The average Bonchev–Trinajstić information content (AvgIpc) is 3.62. The molecule has 5 rings (SSSR count). The Kier molecular flexibility index (Phi) is 8.42. The number of hydrogen-bond donors (Lipinski definition) is 2. The molecule has 0 radical (unpaired) electrons. The lowest BCUT2D eigenvalue weighted by Crippen LogP contribution is -2.37. The Labute approximate surface area is 237 Å². The number of rotatable bonds is 9. The molecule has 2 amide bonds. The molecule has 3 fully saturated rings. The van der Waals surface area contributed by atoms with Crippen LogP contribution in [0.5, 0.6) is 0 Å². The second kappa shape index (κ2) is 11.8. The summed E-state index contributed by atoms with van der Waals surface area (Å²) in [6.07, 6.45) is 6.16. The first-order valence-corrected chi connectivity index (χ1v) is 16.2. The molecule has 3 atom stereocenters. The number of amides is 2. The molecule has 0 spiro atoms. The van der Waals surface area contributed by atoms with Crippen molar-refractivity contribution in [2.24, 2.45) is 17.8 Å². The van der Waals surface area contributed by atoms with Crippen molar-refractivity contribution < 1.29 is 18.0 Å². The summed E-state index contributed by atoms with van der Waals surface area (Å²) in [6, 6.07) is 10.3. The van der Waals surface area contributed by atoms with Gasteiger partial charge in [0.1, 0.15) is 0 Å². The number of benzene rings is 1. The normalized spacial score (nSPS) is 22.3. The van der Waals surface area contributed by atoms with Crippen molar-refractivity contribution in [3.8, 4) is 0 Å². The second-order valence-electron chi connectivity index (χ2n) is 11.7. The first-order valence-electron chi connectivity index (χ1n) is 14.3. The number of carbonyl (C=O) groups is 2. The molecule has 2 unspecified atom stereocenters. The van der Waals surface area contributed by atoms with E-state index in [0.29, 0.717) is 41.9 Å². The number of aromatic nitrogens is 2. The number of anilines is 1. The van der Waals surface area contributed by atoms with Crippen LogP contribution in [0.25, 0.3) is 0 Å². The van der Waals surface area contributed by atoms with Crippen molar-refractivity contribution >= 4 is 27.8 Å². The molecule has 1 aliphatic carbocycles. The highest BCUT2D eigenvalue weighted by Crippen LogP contribution is 2.33. The quantitative estimate of drug-likeness (QED) is 0.477. The summed E-state index contributed by atoms with van der Waals surface area (Å²) in [6.45, 7) is 7.54. The zero-order valence-electron chi connectivity index (χ0n) is 23.6. The number of nitrogens with zero attached hydrogens (tertiary/aromatic N) is 4. The minimum absolute atomic E-state index is 0.000996. The number of nitrogens with one attached hydrogen (secondary N) is 2. The van der Waals surface area contributed by atoms with Gasteiger partial charge in [0, 0.05) is 38.6 Å². The predicted molar refractivity (Wildman–Crippen MR) is 153 cm³/mol. The topological polar surface area (TPSA) is 125 Å². The number of carbonyl (C=O) groups excluding carboxylic acids is 2. The second-order valence-corrected chi connectivity index (χ2v) is 13.4. The summed E-state index contributed by atoms with van der Waals surface area (Å²) >= 11 is 0. The van der Waals surface area contributed by atoms with Gasteiger partial charge in [0.25, 0.3) is 5.91 Å². The molecule has 2 N–H and O–H groups in total. The van der Waals surface area contributed by atoms with Gasteiger partial charge in [-0.3, -0.25) is 14.3 Å². The van der Waals surface area contributed by atoms with E-state index in [4.69, 9.17) is 0 Å². The first kappa shape index (κ1) is 28.5. The van der Waals surface area contributed by atoms with Gasteiger partial charge in [-0.25, -0.2) is 18.4 Å². The maximum Gasteiger partial charge on any atom is 0.257 e. The van der Waals surface area contributed by atoms with Crippen LogP contribution < -0.4 is 10.0 Å². The number of fused-ring (bicyclic) bond motifs is 1. The van der Waals surface area contributed by atoms with Crippen LogP contribution in [0.2, 0.25) is 0 Å². The zero-order chi connectivity index (χ0) is 28.4. The van der Waals surface area contributed by atoms with E-state index < -0.39 is 10.0 Å². The zero-order valence-corrected chi connectivity index (χ0v) is 24.4. The van der Waals surface area contributed by atoms with Crippen molar-refractivity contribution in [3.63, 3.8) is 0 Å². The number of sulfonamides is 1. The van der Waals surface area contributed by atoms with Gasteiger partial charge in [-0.15, -0.1) is 0 Å². The van der Waals surface area contributed by atoms with Crippen LogP contribution >= 0.6 is 0 Å². The molecular weight excluding hydrogens is 528 g/mol. The van der Waals surface area contributed by atoms with E-state index in [9.17, 15) is 18.0 Å². The Morgan fingerprint density at radius 3 is 2.15 bits per heavy atom. The SMILES string of the molecule is Cc1nc(NS(C)(=O)=O)nc(C)c1C(=O)N1CC2CN(CCC(NC(=O)C3CCCC3)c3ccccc3)C[C@H]2C1. The lowest BCUT2D eigenvalue weighted by Gasteiger charge is -2.26. The predicted octanol–water partition coefficient (Wildman–Crippen LogP) is 2.91. The van der Waals surface area contributed by atoms with Crippen LogP contribution in [-0.2, 0) is 14.8 Å². The summed E-state index contributed by atoms with van der Waals surface area (Å²) in [4.78, 5) is 39.2. The molecular formula is C29H40N6O4S. The molecule has 3 aliphatic rings. The fourth-order valence-electron chi connectivity index (χ4n) is 6.63. The molecule has 2 aromatic rings. The molecule has 216 valence electrons. The fraction of sp³-hybridized carbons (Fsp3) is 0.586. The maximum absolute atomic E-state index is 13.4. The van der Waals surface area contributed by atoms with E-state index in [0.717, 1.165) is 63.6 Å². The minimum Gasteiger partial charge on any atom is -0.349 e. The Bertz CT molecular complexity index is 1310. The lowest BCUT2D eigenvalue weighted by molar-refractivity contribution is -0.125. The largest absolute Gasteiger partial charge is 0.349 e. The highest BCUT2D eigenvalue weighted by atomic mass is 32.2. The van der Waals surface area contributed by atoms with Gasteiger partial charge >= 0.3 is 0 Å². The van der Waals surface area contributed by atoms with Gasteiger partial charge < -0.3 is 15.1 Å². The number of likely N-dealkylation sites (tertiary alicyclic amines) is 2. The molecule has 2 aliphatic heterocycles. The molecule has 3 heterocycles. The van der Waals surface area contributed by atoms with Gasteiger partial charge in [-0.05, 0) is 50.5 Å². The van der Waals surface area contributed by atoms with Crippen molar-refractivity contribution in [1.82, 2.24) is 25.1 Å². The third kappa shape index (κ3) is 6.63. The van der Waals surface area contributed by atoms with E-state index >= 15 is 0 Å². The maximum atomic E-state index is 13.4. The Morgan fingerprint density at radius 2 is 1.57 bits per heavy atom. The average molecular weight is 569 g/mol. The summed E-state index contributed by atoms with van der Waals surface area (Å²) in [5.41, 5.74) is 2.53. The van der Waals surface area contributed by atoms with Gasteiger partial charge in [-0.1, -0.05) is 43.2 Å². The molecule has 1 aromatic heterocycles. The molecule has 1 aromatic carbocycles. The van der Waals surface area contributed by atoms with E-state index in [1.54, 1.807) is 13.8 Å². The van der Waals surface area contributed by atoms with E-state index in [1.165, 1.54) is 0 Å². The fourth-order valence-corrected chi connectivity index (χ4v) is 7.05.